The van der Waals surface area contributed by atoms with Gasteiger partial charge in [-0.05, 0) is 44.4 Å². The summed E-state index contributed by atoms with van der Waals surface area (Å²) in [6, 6.07) is 0.349. The van der Waals surface area contributed by atoms with E-state index in [9.17, 15) is 4.79 Å². The van der Waals surface area contributed by atoms with Gasteiger partial charge in [-0.25, -0.2) is 0 Å². The highest BCUT2D eigenvalue weighted by Gasteiger charge is 2.41. The number of nitrogens with two attached hydrogens (primary N) is 1. The number of fused-ring (bicyclic) bond motifs is 2. The Morgan fingerprint density at radius 1 is 1.25 bits per heavy atom. The molecule has 0 aromatic carbocycles. The lowest BCUT2D eigenvalue weighted by Gasteiger charge is -2.45. The zero-order valence-corrected chi connectivity index (χ0v) is 13.1. The van der Waals surface area contributed by atoms with Crippen molar-refractivity contribution in [1.82, 2.24) is 4.90 Å². The van der Waals surface area contributed by atoms with Gasteiger partial charge >= 0.3 is 0 Å². The maximum absolute atomic E-state index is 12.7. The van der Waals surface area contributed by atoms with Crippen LogP contribution >= 0.6 is 12.4 Å². The van der Waals surface area contributed by atoms with Crippen LogP contribution < -0.4 is 5.73 Å². The van der Waals surface area contributed by atoms with E-state index in [0.29, 0.717) is 30.4 Å². The fourth-order valence-corrected chi connectivity index (χ4v) is 4.27. The molecule has 1 heterocycles. The van der Waals surface area contributed by atoms with Crippen LogP contribution in [0, 0.1) is 17.8 Å². The Hall–Kier alpha value is -0.320. The molecule has 1 saturated heterocycles. The number of halogens is 1. The Bertz CT molecular complexity index is 339. The summed E-state index contributed by atoms with van der Waals surface area (Å²) in [5, 5.41) is 0. The quantitative estimate of drug-likeness (QED) is 0.804. The van der Waals surface area contributed by atoms with Crippen LogP contribution in [-0.4, -0.2) is 42.6 Å². The van der Waals surface area contributed by atoms with Gasteiger partial charge in [0.1, 0.15) is 0 Å². The maximum atomic E-state index is 12.7. The first-order valence-electron chi connectivity index (χ1n) is 7.81. The molecule has 4 nitrogen and oxygen atoms in total. The number of rotatable bonds is 1. The average Bonchev–Trinajstić information content (AvgIpc) is 2.37. The number of nitrogens with zero attached hydrogens (tertiary/aromatic N) is 1. The molecule has 2 bridgehead atoms. The summed E-state index contributed by atoms with van der Waals surface area (Å²) in [4.78, 5) is 14.7. The second-order valence-corrected chi connectivity index (χ2v) is 6.66. The first-order valence-corrected chi connectivity index (χ1v) is 7.81. The minimum atomic E-state index is 0. The third-order valence-corrected chi connectivity index (χ3v) is 5.32. The normalized spacial score (nSPS) is 40.9. The fourth-order valence-electron chi connectivity index (χ4n) is 4.27. The second kappa shape index (κ2) is 6.63. The van der Waals surface area contributed by atoms with E-state index in [1.807, 2.05) is 11.8 Å². The van der Waals surface area contributed by atoms with E-state index in [1.165, 1.54) is 19.3 Å². The molecule has 3 atom stereocenters. The average molecular weight is 303 g/mol. The Morgan fingerprint density at radius 2 is 1.90 bits per heavy atom. The molecule has 5 heteroatoms. The minimum absolute atomic E-state index is 0. The Balaban J connectivity index is 0.00000147. The van der Waals surface area contributed by atoms with Crippen molar-refractivity contribution in [2.75, 3.05) is 19.7 Å². The fraction of sp³-hybridized carbons (Fsp3) is 0.933. The Morgan fingerprint density at radius 3 is 2.50 bits per heavy atom. The van der Waals surface area contributed by atoms with Crippen molar-refractivity contribution in [3.8, 4) is 0 Å². The zero-order valence-electron chi connectivity index (χ0n) is 12.3. The summed E-state index contributed by atoms with van der Waals surface area (Å²) < 4.78 is 5.52. The molecule has 3 unspecified atom stereocenters. The highest BCUT2D eigenvalue weighted by Crippen LogP contribution is 2.42. The maximum Gasteiger partial charge on any atom is 0.225 e. The molecule has 0 aromatic heterocycles. The number of morpholine rings is 1. The summed E-state index contributed by atoms with van der Waals surface area (Å²) >= 11 is 0. The summed E-state index contributed by atoms with van der Waals surface area (Å²) in [6.07, 6.45) is 5.97. The number of carbonyl (C=O) groups is 1. The molecule has 3 rings (SSSR count). The summed E-state index contributed by atoms with van der Waals surface area (Å²) in [6.45, 7) is 4.26. The lowest BCUT2D eigenvalue weighted by molar-refractivity contribution is -0.145. The van der Waals surface area contributed by atoms with Crippen molar-refractivity contribution in [2.24, 2.45) is 23.5 Å². The lowest BCUT2D eigenvalue weighted by atomic mass is 9.65. The van der Waals surface area contributed by atoms with Gasteiger partial charge in [0.05, 0.1) is 12.7 Å². The molecule has 3 fully saturated rings. The predicted octanol–water partition coefficient (Wildman–Crippen LogP) is 1.81. The molecule has 0 radical (unpaired) electrons. The van der Waals surface area contributed by atoms with Crippen LogP contribution in [0.1, 0.15) is 39.0 Å². The molecular weight excluding hydrogens is 276 g/mol. The highest BCUT2D eigenvalue weighted by atomic mass is 35.5. The van der Waals surface area contributed by atoms with Gasteiger partial charge in [-0.2, -0.15) is 0 Å². The van der Waals surface area contributed by atoms with Crippen LogP contribution in [0.15, 0.2) is 0 Å². The molecule has 0 spiro atoms. The standard InChI is InChI=1S/C15H26N2O2.ClH/c1-10-9-17(5-6-19-10)15(18)13-7-11-3-2-4-12(8-13)14(11)16;/h10-14H,2-9,16H2,1H3;1H. The van der Waals surface area contributed by atoms with Crippen molar-refractivity contribution in [1.29, 1.82) is 0 Å². The molecule has 116 valence electrons. The van der Waals surface area contributed by atoms with Crippen LogP contribution in [0.4, 0.5) is 0 Å². The van der Waals surface area contributed by atoms with Gasteiger partial charge in [0, 0.05) is 25.0 Å². The minimum Gasteiger partial charge on any atom is -0.375 e. The van der Waals surface area contributed by atoms with Crippen LogP contribution in [-0.2, 0) is 9.53 Å². The molecule has 0 aromatic rings. The predicted molar refractivity (Wildman–Crippen MR) is 80.8 cm³/mol. The molecule has 3 aliphatic rings. The van der Waals surface area contributed by atoms with Crippen LogP contribution in [0.2, 0.25) is 0 Å². The van der Waals surface area contributed by atoms with Crippen molar-refractivity contribution in [3.63, 3.8) is 0 Å². The first kappa shape index (κ1) is 16.1. The molecule has 2 aliphatic carbocycles. The van der Waals surface area contributed by atoms with Crippen LogP contribution in [0.3, 0.4) is 0 Å². The summed E-state index contributed by atoms with van der Waals surface area (Å²) in [5.74, 6) is 1.75. The van der Waals surface area contributed by atoms with Gasteiger partial charge in [-0.1, -0.05) is 6.42 Å². The number of carbonyl (C=O) groups excluding carboxylic acids is 1. The van der Waals surface area contributed by atoms with Gasteiger partial charge in [0.25, 0.3) is 0 Å². The van der Waals surface area contributed by atoms with Crippen molar-refractivity contribution in [3.05, 3.63) is 0 Å². The molecule has 2 saturated carbocycles. The summed E-state index contributed by atoms with van der Waals surface area (Å²) in [7, 11) is 0. The van der Waals surface area contributed by atoms with Crippen LogP contribution in [0.25, 0.3) is 0 Å². The van der Waals surface area contributed by atoms with E-state index in [1.54, 1.807) is 0 Å². The van der Waals surface area contributed by atoms with Gasteiger partial charge in [0.15, 0.2) is 0 Å². The van der Waals surface area contributed by atoms with Gasteiger partial charge < -0.3 is 15.4 Å². The van der Waals surface area contributed by atoms with E-state index >= 15 is 0 Å². The molecule has 2 N–H and O–H groups in total. The smallest absolute Gasteiger partial charge is 0.225 e. The summed E-state index contributed by atoms with van der Waals surface area (Å²) in [5.41, 5.74) is 6.30. The van der Waals surface area contributed by atoms with E-state index in [2.05, 4.69) is 0 Å². The number of hydrogen-bond acceptors (Lipinski definition) is 3. The molecule has 20 heavy (non-hydrogen) atoms. The van der Waals surface area contributed by atoms with Gasteiger partial charge in [-0.3, -0.25) is 4.79 Å². The van der Waals surface area contributed by atoms with Crippen LogP contribution in [0.5, 0.6) is 0 Å². The number of hydrogen-bond donors (Lipinski definition) is 1. The van der Waals surface area contributed by atoms with E-state index < -0.39 is 0 Å². The van der Waals surface area contributed by atoms with Crippen molar-refractivity contribution >= 4 is 18.3 Å². The molecular formula is C15H27ClN2O2. The van der Waals surface area contributed by atoms with Crippen molar-refractivity contribution < 1.29 is 9.53 Å². The van der Waals surface area contributed by atoms with E-state index in [0.717, 1.165) is 25.9 Å². The third kappa shape index (κ3) is 3.12. The Kier molecular flexibility index (Phi) is 5.32. The van der Waals surface area contributed by atoms with Crippen molar-refractivity contribution in [2.45, 2.75) is 51.2 Å². The third-order valence-electron chi connectivity index (χ3n) is 5.32. The first-order chi connectivity index (χ1) is 9.15. The van der Waals surface area contributed by atoms with E-state index in [4.69, 9.17) is 10.5 Å². The Labute approximate surface area is 127 Å². The topological polar surface area (TPSA) is 55.6 Å². The largest absolute Gasteiger partial charge is 0.375 e. The SMILES string of the molecule is CC1CN(C(=O)C2CC3CCCC(C2)C3N)CCO1.Cl. The highest BCUT2D eigenvalue weighted by molar-refractivity contribution is 5.85. The molecule has 1 aliphatic heterocycles. The monoisotopic (exact) mass is 302 g/mol. The second-order valence-electron chi connectivity index (χ2n) is 6.66. The number of ether oxygens (including phenoxy) is 1. The van der Waals surface area contributed by atoms with E-state index in [-0.39, 0.29) is 24.4 Å². The van der Waals surface area contributed by atoms with Gasteiger partial charge in [0.2, 0.25) is 5.91 Å². The molecule has 1 amide bonds. The lowest BCUT2D eigenvalue weighted by Crippen LogP contribution is -2.52. The van der Waals surface area contributed by atoms with Gasteiger partial charge in [-0.15, -0.1) is 12.4 Å². The zero-order chi connectivity index (χ0) is 13.4. The number of amides is 1.